The van der Waals surface area contributed by atoms with E-state index in [0.717, 1.165) is 24.1 Å². The number of benzene rings is 1. The molecule has 0 fully saturated rings. The van der Waals surface area contributed by atoms with Crippen molar-refractivity contribution in [1.29, 1.82) is 0 Å². The summed E-state index contributed by atoms with van der Waals surface area (Å²) in [5.41, 5.74) is 5.07. The van der Waals surface area contributed by atoms with Gasteiger partial charge in [0.05, 0.1) is 5.71 Å². The molecule has 0 saturated carbocycles. The van der Waals surface area contributed by atoms with E-state index in [1.165, 1.54) is 0 Å². The van der Waals surface area contributed by atoms with E-state index < -0.39 is 0 Å². The van der Waals surface area contributed by atoms with Gasteiger partial charge in [-0.15, -0.1) is 0 Å². The van der Waals surface area contributed by atoms with Gasteiger partial charge in [0.15, 0.2) is 0 Å². The van der Waals surface area contributed by atoms with Gasteiger partial charge in [0.25, 0.3) is 5.91 Å². The Bertz CT molecular complexity index is 579. The van der Waals surface area contributed by atoms with Crippen molar-refractivity contribution < 1.29 is 4.79 Å². The van der Waals surface area contributed by atoms with Crippen LogP contribution in [0.5, 0.6) is 0 Å². The SMILES string of the molecule is CCC/C(=N\NC(=O)c1ccncc1)c1ccccc1. The second-order valence-electron chi connectivity index (χ2n) is 4.35. The Labute approximate surface area is 118 Å². The first-order valence-electron chi connectivity index (χ1n) is 6.63. The van der Waals surface area contributed by atoms with Crippen LogP contribution >= 0.6 is 0 Å². The molecule has 0 bridgehead atoms. The van der Waals surface area contributed by atoms with Crippen molar-refractivity contribution in [3.8, 4) is 0 Å². The van der Waals surface area contributed by atoms with Crippen LogP contribution in [0.4, 0.5) is 0 Å². The van der Waals surface area contributed by atoms with Crippen LogP contribution in [0, 0.1) is 0 Å². The van der Waals surface area contributed by atoms with Crippen molar-refractivity contribution >= 4 is 11.6 Å². The van der Waals surface area contributed by atoms with Crippen molar-refractivity contribution in [2.75, 3.05) is 0 Å². The minimum absolute atomic E-state index is 0.225. The third kappa shape index (κ3) is 3.75. The quantitative estimate of drug-likeness (QED) is 0.668. The predicted molar refractivity (Wildman–Crippen MR) is 79.6 cm³/mol. The van der Waals surface area contributed by atoms with Gasteiger partial charge in [0.1, 0.15) is 0 Å². The van der Waals surface area contributed by atoms with Gasteiger partial charge in [0, 0.05) is 18.0 Å². The van der Waals surface area contributed by atoms with E-state index in [2.05, 4.69) is 22.4 Å². The zero-order chi connectivity index (χ0) is 14.2. The number of nitrogens with one attached hydrogen (secondary N) is 1. The maximum atomic E-state index is 11.9. The highest BCUT2D eigenvalue weighted by atomic mass is 16.2. The van der Waals surface area contributed by atoms with Crippen LogP contribution in [0.1, 0.15) is 35.7 Å². The molecule has 0 saturated heterocycles. The standard InChI is InChI=1S/C16H17N3O/c1-2-6-15(13-7-4-3-5-8-13)18-19-16(20)14-9-11-17-12-10-14/h3-5,7-12H,2,6H2,1H3,(H,19,20)/b18-15+. The first kappa shape index (κ1) is 13.9. The molecule has 0 aliphatic carbocycles. The molecule has 102 valence electrons. The summed E-state index contributed by atoms with van der Waals surface area (Å²) >= 11 is 0. The summed E-state index contributed by atoms with van der Waals surface area (Å²) in [5.74, 6) is -0.225. The van der Waals surface area contributed by atoms with E-state index in [1.54, 1.807) is 24.5 Å². The number of pyridine rings is 1. The topological polar surface area (TPSA) is 54.4 Å². The molecule has 4 heteroatoms. The zero-order valence-electron chi connectivity index (χ0n) is 11.4. The number of aromatic nitrogens is 1. The van der Waals surface area contributed by atoms with Crippen LogP contribution in [-0.4, -0.2) is 16.6 Å². The molecule has 0 atom stereocenters. The normalized spacial score (nSPS) is 11.2. The Morgan fingerprint density at radius 1 is 1.10 bits per heavy atom. The molecular formula is C16H17N3O. The molecule has 1 aromatic heterocycles. The largest absolute Gasteiger partial charge is 0.271 e. The second-order valence-corrected chi connectivity index (χ2v) is 4.35. The summed E-state index contributed by atoms with van der Waals surface area (Å²) < 4.78 is 0. The summed E-state index contributed by atoms with van der Waals surface area (Å²) in [7, 11) is 0. The molecule has 0 radical (unpaired) electrons. The van der Waals surface area contributed by atoms with Crippen LogP contribution in [-0.2, 0) is 0 Å². The molecule has 1 N–H and O–H groups in total. The van der Waals surface area contributed by atoms with E-state index in [1.807, 2.05) is 30.3 Å². The summed E-state index contributed by atoms with van der Waals surface area (Å²) in [6.07, 6.45) is 4.96. The predicted octanol–water partition coefficient (Wildman–Crippen LogP) is 3.02. The lowest BCUT2D eigenvalue weighted by Gasteiger charge is -2.06. The van der Waals surface area contributed by atoms with E-state index in [9.17, 15) is 4.79 Å². The fourth-order valence-corrected chi connectivity index (χ4v) is 1.82. The number of rotatable bonds is 5. The molecule has 1 heterocycles. The lowest BCUT2D eigenvalue weighted by atomic mass is 10.1. The Hall–Kier alpha value is -2.49. The van der Waals surface area contributed by atoms with Crippen LogP contribution in [0.3, 0.4) is 0 Å². The van der Waals surface area contributed by atoms with E-state index in [4.69, 9.17) is 0 Å². The summed E-state index contributed by atoms with van der Waals surface area (Å²) in [6, 6.07) is 13.2. The summed E-state index contributed by atoms with van der Waals surface area (Å²) in [5, 5.41) is 4.26. The number of amides is 1. The van der Waals surface area contributed by atoms with Crippen molar-refractivity contribution in [3.05, 3.63) is 66.0 Å². The van der Waals surface area contributed by atoms with Crippen LogP contribution in [0.25, 0.3) is 0 Å². The molecule has 2 rings (SSSR count). The van der Waals surface area contributed by atoms with Crippen molar-refractivity contribution in [2.45, 2.75) is 19.8 Å². The minimum atomic E-state index is -0.225. The highest BCUT2D eigenvalue weighted by molar-refractivity contribution is 6.02. The first-order valence-corrected chi connectivity index (χ1v) is 6.63. The van der Waals surface area contributed by atoms with Crippen LogP contribution in [0.2, 0.25) is 0 Å². The average Bonchev–Trinajstić information content (AvgIpc) is 2.53. The maximum Gasteiger partial charge on any atom is 0.271 e. The van der Waals surface area contributed by atoms with Gasteiger partial charge < -0.3 is 0 Å². The van der Waals surface area contributed by atoms with Crippen LogP contribution < -0.4 is 5.43 Å². The van der Waals surface area contributed by atoms with E-state index in [-0.39, 0.29) is 5.91 Å². The molecular weight excluding hydrogens is 250 g/mol. The third-order valence-electron chi connectivity index (χ3n) is 2.83. The van der Waals surface area contributed by atoms with Gasteiger partial charge >= 0.3 is 0 Å². The number of carbonyl (C=O) groups is 1. The van der Waals surface area contributed by atoms with Crippen molar-refractivity contribution in [2.24, 2.45) is 5.10 Å². The third-order valence-corrected chi connectivity index (χ3v) is 2.83. The van der Waals surface area contributed by atoms with Gasteiger partial charge in [0.2, 0.25) is 0 Å². The van der Waals surface area contributed by atoms with Gasteiger partial charge in [-0.2, -0.15) is 5.10 Å². The fourth-order valence-electron chi connectivity index (χ4n) is 1.82. The highest BCUT2D eigenvalue weighted by Gasteiger charge is 2.06. The van der Waals surface area contributed by atoms with E-state index in [0.29, 0.717) is 5.56 Å². The van der Waals surface area contributed by atoms with E-state index >= 15 is 0 Å². The lowest BCUT2D eigenvalue weighted by molar-refractivity contribution is 0.0954. The molecule has 20 heavy (non-hydrogen) atoms. The Morgan fingerprint density at radius 3 is 2.45 bits per heavy atom. The maximum absolute atomic E-state index is 11.9. The first-order chi connectivity index (χ1) is 9.81. The Balaban J connectivity index is 2.12. The molecule has 1 amide bonds. The lowest BCUT2D eigenvalue weighted by Crippen LogP contribution is -2.20. The second kappa shape index (κ2) is 7.19. The molecule has 0 aliphatic heterocycles. The van der Waals surface area contributed by atoms with Gasteiger partial charge in [-0.3, -0.25) is 9.78 Å². The number of hydrogen-bond donors (Lipinski definition) is 1. The molecule has 0 spiro atoms. The van der Waals surface area contributed by atoms with Crippen molar-refractivity contribution in [1.82, 2.24) is 10.4 Å². The van der Waals surface area contributed by atoms with Crippen LogP contribution in [0.15, 0.2) is 60.0 Å². The summed E-state index contributed by atoms with van der Waals surface area (Å²) in [6.45, 7) is 2.09. The highest BCUT2D eigenvalue weighted by Crippen LogP contribution is 2.06. The Kier molecular flexibility index (Phi) is 5.00. The molecule has 4 nitrogen and oxygen atoms in total. The van der Waals surface area contributed by atoms with Crippen molar-refractivity contribution in [3.63, 3.8) is 0 Å². The zero-order valence-corrected chi connectivity index (χ0v) is 11.4. The summed E-state index contributed by atoms with van der Waals surface area (Å²) in [4.78, 5) is 15.8. The minimum Gasteiger partial charge on any atom is -0.267 e. The number of carbonyl (C=O) groups excluding carboxylic acids is 1. The smallest absolute Gasteiger partial charge is 0.267 e. The molecule has 1 aromatic carbocycles. The average molecular weight is 267 g/mol. The number of hydrogen-bond acceptors (Lipinski definition) is 3. The van der Waals surface area contributed by atoms with Gasteiger partial charge in [-0.1, -0.05) is 43.7 Å². The monoisotopic (exact) mass is 267 g/mol. The Morgan fingerprint density at radius 2 is 1.80 bits per heavy atom. The number of hydrazone groups is 1. The fraction of sp³-hybridized carbons (Fsp3) is 0.188. The molecule has 0 unspecified atom stereocenters. The molecule has 0 aliphatic rings. The number of nitrogens with zero attached hydrogens (tertiary/aromatic N) is 2. The molecule has 2 aromatic rings. The van der Waals surface area contributed by atoms with Gasteiger partial charge in [-0.05, 0) is 24.1 Å². The van der Waals surface area contributed by atoms with Gasteiger partial charge in [-0.25, -0.2) is 5.43 Å².